The van der Waals surface area contributed by atoms with Crippen molar-refractivity contribution in [3.8, 4) is 11.8 Å². The first-order chi connectivity index (χ1) is 7.74. The predicted octanol–water partition coefficient (Wildman–Crippen LogP) is 3.44. The summed E-state index contributed by atoms with van der Waals surface area (Å²) < 4.78 is 0. The second-order valence-corrected chi connectivity index (χ2v) is 3.92. The number of halogens is 1. The molecule has 0 bridgehead atoms. The Labute approximate surface area is 100 Å². The number of nitrogens with zero attached hydrogens (tertiary/aromatic N) is 1. The van der Waals surface area contributed by atoms with Gasteiger partial charge in [0.05, 0.1) is 0 Å². The number of benzene rings is 1. The molecule has 0 radical (unpaired) electrons. The predicted molar refractivity (Wildman–Crippen MR) is 66.4 cm³/mol. The summed E-state index contributed by atoms with van der Waals surface area (Å²) in [7, 11) is 0. The van der Waals surface area contributed by atoms with Crippen LogP contribution >= 0.6 is 11.6 Å². The van der Waals surface area contributed by atoms with E-state index in [1.807, 2.05) is 31.2 Å². The number of rotatable bonds is 0. The fourth-order valence-corrected chi connectivity index (χ4v) is 1.49. The second-order valence-electron chi connectivity index (χ2n) is 3.48. The third-order valence-corrected chi connectivity index (χ3v) is 2.31. The Balaban J connectivity index is 2.28. The van der Waals surface area contributed by atoms with Crippen LogP contribution in [0.25, 0.3) is 0 Å². The second kappa shape index (κ2) is 4.83. The van der Waals surface area contributed by atoms with E-state index >= 15 is 0 Å². The highest BCUT2D eigenvalue weighted by Gasteiger charge is 1.91. The number of hydrogen-bond acceptors (Lipinski definition) is 1. The largest absolute Gasteiger partial charge is 0.248 e. The number of aromatic nitrogens is 1. The molecule has 0 atom stereocenters. The Morgan fingerprint density at radius 1 is 1.12 bits per heavy atom. The molecule has 0 N–H and O–H groups in total. The average Bonchev–Trinajstić information content (AvgIpc) is 2.27. The first-order valence-corrected chi connectivity index (χ1v) is 5.32. The highest BCUT2D eigenvalue weighted by molar-refractivity contribution is 6.30. The molecule has 1 aromatic carbocycles. The number of hydrogen-bond donors (Lipinski definition) is 0. The minimum atomic E-state index is 0.656. The molecule has 2 heteroatoms. The van der Waals surface area contributed by atoms with Crippen molar-refractivity contribution < 1.29 is 0 Å². The van der Waals surface area contributed by atoms with Crippen molar-refractivity contribution in [2.45, 2.75) is 6.92 Å². The number of aryl methyl sites for hydroxylation is 1. The lowest BCUT2D eigenvalue weighted by molar-refractivity contribution is 1.29. The first-order valence-electron chi connectivity index (χ1n) is 4.94. The fourth-order valence-electron chi connectivity index (χ4n) is 1.33. The van der Waals surface area contributed by atoms with E-state index in [2.05, 4.69) is 16.8 Å². The van der Waals surface area contributed by atoms with Crippen molar-refractivity contribution in [1.82, 2.24) is 4.98 Å². The van der Waals surface area contributed by atoms with Crippen molar-refractivity contribution in [2.75, 3.05) is 0 Å². The van der Waals surface area contributed by atoms with Crippen LogP contribution in [0.15, 0.2) is 42.6 Å². The van der Waals surface area contributed by atoms with Gasteiger partial charge in [0.2, 0.25) is 0 Å². The van der Waals surface area contributed by atoms with Gasteiger partial charge >= 0.3 is 0 Å². The Morgan fingerprint density at radius 2 is 2.00 bits per heavy atom. The van der Waals surface area contributed by atoms with Crippen molar-refractivity contribution in [3.05, 3.63) is 64.4 Å². The van der Waals surface area contributed by atoms with Gasteiger partial charge in [0.1, 0.15) is 5.69 Å². The molecule has 0 aliphatic carbocycles. The van der Waals surface area contributed by atoms with E-state index in [1.165, 1.54) is 5.56 Å². The summed E-state index contributed by atoms with van der Waals surface area (Å²) in [6.07, 6.45) is 1.66. The fraction of sp³-hybridized carbons (Fsp3) is 0.0714. The van der Waals surface area contributed by atoms with Gasteiger partial charge in [-0.2, -0.15) is 0 Å². The molecule has 78 valence electrons. The van der Waals surface area contributed by atoms with Crippen LogP contribution in [0.5, 0.6) is 0 Å². The van der Waals surface area contributed by atoms with Gasteiger partial charge in [0, 0.05) is 16.8 Å². The van der Waals surface area contributed by atoms with Gasteiger partial charge in [-0.1, -0.05) is 29.7 Å². The smallest absolute Gasteiger partial charge is 0.114 e. The van der Waals surface area contributed by atoms with Crippen molar-refractivity contribution in [2.24, 2.45) is 0 Å². The summed E-state index contributed by atoms with van der Waals surface area (Å²) in [5.74, 6) is 6.04. The Kier molecular flexibility index (Phi) is 3.24. The van der Waals surface area contributed by atoms with Crippen LogP contribution in [0.2, 0.25) is 5.02 Å². The molecule has 1 aromatic heterocycles. The van der Waals surface area contributed by atoms with Crippen molar-refractivity contribution in [3.63, 3.8) is 0 Å². The van der Waals surface area contributed by atoms with E-state index in [-0.39, 0.29) is 0 Å². The Bertz CT molecular complexity index is 515. The minimum Gasteiger partial charge on any atom is -0.248 e. The summed E-state index contributed by atoms with van der Waals surface area (Å²) in [5.41, 5.74) is 2.88. The standard InChI is InChI=1S/C14H10ClN/c1-11-3-2-4-12(9-11)5-6-14-10-13(15)7-8-16-14/h2-4,7-10H,1H3. The van der Waals surface area contributed by atoms with E-state index in [0.29, 0.717) is 10.7 Å². The molecule has 2 rings (SSSR count). The van der Waals surface area contributed by atoms with Crippen LogP contribution in [0, 0.1) is 18.8 Å². The molecule has 0 aliphatic rings. The topological polar surface area (TPSA) is 12.9 Å². The zero-order valence-electron chi connectivity index (χ0n) is 8.87. The summed E-state index contributed by atoms with van der Waals surface area (Å²) in [4.78, 5) is 4.12. The highest BCUT2D eigenvalue weighted by Crippen LogP contribution is 2.07. The molecular formula is C14H10ClN. The Hall–Kier alpha value is -1.78. The summed E-state index contributed by atoms with van der Waals surface area (Å²) in [6, 6.07) is 11.5. The maximum absolute atomic E-state index is 5.84. The first kappa shape index (κ1) is 10.7. The molecular weight excluding hydrogens is 218 g/mol. The third-order valence-electron chi connectivity index (χ3n) is 2.07. The van der Waals surface area contributed by atoms with Gasteiger partial charge < -0.3 is 0 Å². The maximum Gasteiger partial charge on any atom is 0.114 e. The lowest BCUT2D eigenvalue weighted by Gasteiger charge is -1.93. The van der Waals surface area contributed by atoms with Crippen LogP contribution in [0.3, 0.4) is 0 Å². The van der Waals surface area contributed by atoms with E-state index < -0.39 is 0 Å². The molecule has 0 saturated carbocycles. The van der Waals surface area contributed by atoms with Gasteiger partial charge in [-0.05, 0) is 42.7 Å². The molecule has 0 fully saturated rings. The lowest BCUT2D eigenvalue weighted by atomic mass is 10.1. The molecule has 0 amide bonds. The molecule has 2 aromatic rings. The molecule has 16 heavy (non-hydrogen) atoms. The van der Waals surface area contributed by atoms with E-state index in [9.17, 15) is 0 Å². The highest BCUT2D eigenvalue weighted by atomic mass is 35.5. The quantitative estimate of drug-likeness (QED) is 0.629. The summed E-state index contributed by atoms with van der Waals surface area (Å²) >= 11 is 5.84. The van der Waals surface area contributed by atoms with E-state index in [4.69, 9.17) is 11.6 Å². The molecule has 0 spiro atoms. The van der Waals surface area contributed by atoms with Crippen LogP contribution in [0.4, 0.5) is 0 Å². The maximum atomic E-state index is 5.84. The van der Waals surface area contributed by atoms with Crippen LogP contribution < -0.4 is 0 Å². The molecule has 0 unspecified atom stereocenters. The molecule has 0 saturated heterocycles. The van der Waals surface area contributed by atoms with Gasteiger partial charge in [0.15, 0.2) is 0 Å². The summed E-state index contributed by atoms with van der Waals surface area (Å²) in [5, 5.41) is 0.656. The molecule has 0 aliphatic heterocycles. The third kappa shape index (κ3) is 2.85. The van der Waals surface area contributed by atoms with Crippen LogP contribution in [-0.2, 0) is 0 Å². The zero-order valence-corrected chi connectivity index (χ0v) is 9.62. The van der Waals surface area contributed by atoms with Gasteiger partial charge in [-0.3, -0.25) is 0 Å². The van der Waals surface area contributed by atoms with E-state index in [0.717, 1.165) is 5.56 Å². The zero-order chi connectivity index (χ0) is 11.4. The van der Waals surface area contributed by atoms with Gasteiger partial charge in [0.25, 0.3) is 0 Å². The normalized spacial score (nSPS) is 9.38. The van der Waals surface area contributed by atoms with Gasteiger partial charge in [-0.25, -0.2) is 4.98 Å². The lowest BCUT2D eigenvalue weighted by Crippen LogP contribution is -1.81. The monoisotopic (exact) mass is 227 g/mol. The Morgan fingerprint density at radius 3 is 2.75 bits per heavy atom. The average molecular weight is 228 g/mol. The minimum absolute atomic E-state index is 0.656. The summed E-state index contributed by atoms with van der Waals surface area (Å²) in [6.45, 7) is 2.04. The van der Waals surface area contributed by atoms with Crippen molar-refractivity contribution in [1.29, 1.82) is 0 Å². The van der Waals surface area contributed by atoms with Crippen LogP contribution in [-0.4, -0.2) is 4.98 Å². The molecule has 1 nitrogen and oxygen atoms in total. The van der Waals surface area contributed by atoms with Gasteiger partial charge in [-0.15, -0.1) is 0 Å². The SMILES string of the molecule is Cc1cccc(C#Cc2cc(Cl)ccn2)c1. The van der Waals surface area contributed by atoms with Crippen molar-refractivity contribution >= 4 is 11.6 Å². The molecule has 1 heterocycles. The van der Waals surface area contributed by atoms with Crippen LogP contribution in [0.1, 0.15) is 16.8 Å². The van der Waals surface area contributed by atoms with E-state index in [1.54, 1.807) is 18.3 Å². The number of pyridine rings is 1.